The van der Waals surface area contributed by atoms with Gasteiger partial charge in [0.15, 0.2) is 5.56 Å². The van der Waals surface area contributed by atoms with Gasteiger partial charge in [-0.2, -0.15) is 0 Å². The number of ether oxygens (including phenoxy) is 1. The third-order valence-corrected chi connectivity index (χ3v) is 2.23. The van der Waals surface area contributed by atoms with Crippen LogP contribution >= 0.6 is 46.4 Å². The van der Waals surface area contributed by atoms with Crippen LogP contribution in [0.25, 0.3) is 0 Å². The predicted molar refractivity (Wildman–Crippen MR) is 50.7 cm³/mol. The minimum Gasteiger partial charge on any atom is -0.358 e. The highest BCUT2D eigenvalue weighted by atomic mass is 35.6. The van der Waals surface area contributed by atoms with Crippen molar-refractivity contribution in [1.82, 2.24) is 0 Å². The van der Waals surface area contributed by atoms with Crippen molar-refractivity contribution in [2.75, 3.05) is 6.61 Å². The lowest BCUT2D eigenvalue weighted by atomic mass is 10.5. The molecule has 0 aromatic carbocycles. The number of rotatable bonds is 4. The van der Waals surface area contributed by atoms with Crippen LogP contribution < -0.4 is 0 Å². The van der Waals surface area contributed by atoms with Crippen molar-refractivity contribution in [2.24, 2.45) is 0 Å². The second-order valence-corrected chi connectivity index (χ2v) is 4.57. The van der Waals surface area contributed by atoms with Crippen LogP contribution in [0, 0.1) is 0 Å². The fourth-order valence-corrected chi connectivity index (χ4v) is 0.627. The molecule has 0 aliphatic rings. The van der Waals surface area contributed by atoms with Gasteiger partial charge in [-0.3, -0.25) is 0 Å². The lowest BCUT2D eigenvalue weighted by Gasteiger charge is -2.17. The molecule has 0 amide bonds. The average Bonchev–Trinajstić information content (AvgIpc) is 1.86. The number of hydrogen-bond acceptors (Lipinski definition) is 1. The van der Waals surface area contributed by atoms with Crippen molar-refractivity contribution in [3.8, 4) is 0 Å². The van der Waals surface area contributed by atoms with Gasteiger partial charge in [0.1, 0.15) is 0 Å². The summed E-state index contributed by atoms with van der Waals surface area (Å²) in [7, 11) is 0. The van der Waals surface area contributed by atoms with E-state index >= 15 is 0 Å². The molecule has 0 aliphatic carbocycles. The Balaban J connectivity index is 3.52. The lowest BCUT2D eigenvalue weighted by molar-refractivity contribution is 0.114. The summed E-state index contributed by atoms with van der Waals surface area (Å²) >= 11 is 21.8. The van der Waals surface area contributed by atoms with Crippen molar-refractivity contribution < 1.29 is 4.74 Å². The van der Waals surface area contributed by atoms with Crippen LogP contribution in [0.15, 0.2) is 12.7 Å². The maximum atomic E-state index is 5.54. The molecule has 0 radical (unpaired) electrons. The van der Waals surface area contributed by atoms with Crippen LogP contribution in [0.5, 0.6) is 0 Å². The molecular formula is C6H8Cl4O. The highest BCUT2D eigenvalue weighted by molar-refractivity contribution is 6.70. The standard InChI is InChI=1S/C6H8Cl4O/c1-2-3-4-11-5(7)6(8,9)10/h2,5H,1,3-4H2. The van der Waals surface area contributed by atoms with Crippen LogP contribution in [0.4, 0.5) is 0 Å². The molecule has 0 bridgehead atoms. The first-order valence-electron chi connectivity index (χ1n) is 2.91. The van der Waals surface area contributed by atoms with E-state index in [2.05, 4.69) is 6.58 Å². The van der Waals surface area contributed by atoms with Crippen LogP contribution in [0.1, 0.15) is 6.42 Å². The van der Waals surface area contributed by atoms with Gasteiger partial charge in [0.05, 0.1) is 6.61 Å². The Morgan fingerprint density at radius 3 is 2.36 bits per heavy atom. The Kier molecular flexibility index (Phi) is 5.93. The van der Waals surface area contributed by atoms with E-state index in [4.69, 9.17) is 51.1 Å². The van der Waals surface area contributed by atoms with E-state index in [9.17, 15) is 0 Å². The summed E-state index contributed by atoms with van der Waals surface area (Å²) in [6.45, 7) is 3.91. The Hall–Kier alpha value is 0.860. The minimum absolute atomic E-state index is 0.408. The normalized spacial score (nSPS) is 14.5. The SMILES string of the molecule is C=CCCOC(Cl)C(Cl)(Cl)Cl. The van der Waals surface area contributed by atoms with E-state index < -0.39 is 9.36 Å². The Morgan fingerprint density at radius 2 is 2.00 bits per heavy atom. The van der Waals surface area contributed by atoms with Crippen molar-refractivity contribution >= 4 is 46.4 Å². The van der Waals surface area contributed by atoms with Gasteiger partial charge in [0, 0.05) is 0 Å². The van der Waals surface area contributed by atoms with Crippen molar-refractivity contribution in [2.45, 2.75) is 15.8 Å². The van der Waals surface area contributed by atoms with Gasteiger partial charge in [-0.25, -0.2) is 0 Å². The molecule has 66 valence electrons. The number of halogens is 4. The molecule has 1 unspecified atom stereocenters. The first kappa shape index (κ1) is 11.9. The van der Waals surface area contributed by atoms with Crippen molar-refractivity contribution in [3.05, 3.63) is 12.7 Å². The second-order valence-electron chi connectivity index (χ2n) is 1.81. The highest BCUT2D eigenvalue weighted by Gasteiger charge is 2.31. The third kappa shape index (κ3) is 6.06. The summed E-state index contributed by atoms with van der Waals surface area (Å²) in [4.78, 5) is 0. The molecule has 0 aliphatic heterocycles. The zero-order chi connectivity index (χ0) is 8.91. The maximum Gasteiger partial charge on any atom is 0.230 e. The fourth-order valence-electron chi connectivity index (χ4n) is 0.349. The molecule has 11 heavy (non-hydrogen) atoms. The predicted octanol–water partition coefficient (Wildman–Crippen LogP) is 3.51. The lowest BCUT2D eigenvalue weighted by Crippen LogP contribution is -2.23. The average molecular weight is 238 g/mol. The maximum absolute atomic E-state index is 5.54. The summed E-state index contributed by atoms with van der Waals surface area (Å²) in [5.74, 6) is 0. The van der Waals surface area contributed by atoms with Gasteiger partial charge in [0.2, 0.25) is 3.79 Å². The number of alkyl halides is 4. The Labute approximate surface area is 86.2 Å². The van der Waals surface area contributed by atoms with Gasteiger partial charge >= 0.3 is 0 Å². The minimum atomic E-state index is -1.57. The van der Waals surface area contributed by atoms with Gasteiger partial charge in [-0.15, -0.1) is 6.58 Å². The van der Waals surface area contributed by atoms with E-state index in [1.165, 1.54) is 0 Å². The first-order valence-corrected chi connectivity index (χ1v) is 4.49. The molecule has 0 N–H and O–H groups in total. The van der Waals surface area contributed by atoms with Crippen LogP contribution in [0.3, 0.4) is 0 Å². The molecule has 1 nitrogen and oxygen atoms in total. The monoisotopic (exact) mass is 236 g/mol. The quantitative estimate of drug-likeness (QED) is 0.413. The second kappa shape index (κ2) is 5.50. The van der Waals surface area contributed by atoms with E-state index in [1.807, 2.05) is 0 Å². The summed E-state index contributed by atoms with van der Waals surface area (Å²) in [5.41, 5.74) is -0.910. The first-order chi connectivity index (χ1) is 4.98. The molecule has 0 fully saturated rings. The zero-order valence-corrected chi connectivity index (χ0v) is 8.72. The molecule has 0 saturated carbocycles. The number of hydrogen-bond donors (Lipinski definition) is 0. The summed E-state index contributed by atoms with van der Waals surface area (Å²) in [6, 6.07) is 0. The Morgan fingerprint density at radius 1 is 1.45 bits per heavy atom. The molecule has 0 aromatic heterocycles. The van der Waals surface area contributed by atoms with E-state index in [0.717, 1.165) is 0 Å². The molecule has 0 saturated heterocycles. The van der Waals surface area contributed by atoms with Crippen LogP contribution in [-0.4, -0.2) is 16.0 Å². The molecule has 0 spiro atoms. The van der Waals surface area contributed by atoms with Gasteiger partial charge in [-0.05, 0) is 6.42 Å². The van der Waals surface area contributed by atoms with E-state index in [1.54, 1.807) is 6.08 Å². The summed E-state index contributed by atoms with van der Waals surface area (Å²) < 4.78 is 3.38. The highest BCUT2D eigenvalue weighted by Crippen LogP contribution is 2.34. The topological polar surface area (TPSA) is 9.23 Å². The third-order valence-electron chi connectivity index (χ3n) is 0.844. The Bertz CT molecular complexity index is 120. The van der Waals surface area contributed by atoms with Gasteiger partial charge < -0.3 is 4.74 Å². The van der Waals surface area contributed by atoms with E-state index in [0.29, 0.717) is 13.0 Å². The fraction of sp³-hybridized carbons (Fsp3) is 0.667. The van der Waals surface area contributed by atoms with Crippen molar-refractivity contribution in [1.29, 1.82) is 0 Å². The van der Waals surface area contributed by atoms with Crippen LogP contribution in [-0.2, 0) is 4.74 Å². The summed E-state index contributed by atoms with van der Waals surface area (Å²) in [5, 5.41) is 0. The zero-order valence-electron chi connectivity index (χ0n) is 5.70. The largest absolute Gasteiger partial charge is 0.358 e. The summed E-state index contributed by atoms with van der Waals surface area (Å²) in [6.07, 6.45) is 2.38. The molecule has 0 rings (SSSR count). The smallest absolute Gasteiger partial charge is 0.230 e. The molecule has 0 aromatic rings. The molecule has 1 atom stereocenters. The van der Waals surface area contributed by atoms with Crippen LogP contribution in [0.2, 0.25) is 0 Å². The van der Waals surface area contributed by atoms with E-state index in [-0.39, 0.29) is 0 Å². The van der Waals surface area contributed by atoms with Gasteiger partial charge in [-0.1, -0.05) is 52.5 Å². The molecule has 0 heterocycles. The van der Waals surface area contributed by atoms with Crippen molar-refractivity contribution in [3.63, 3.8) is 0 Å². The molecular weight excluding hydrogens is 230 g/mol. The molecule has 5 heteroatoms. The van der Waals surface area contributed by atoms with Gasteiger partial charge in [0.25, 0.3) is 0 Å².